The number of fused-ring (bicyclic) bond motifs is 5. The van der Waals surface area contributed by atoms with Crippen molar-refractivity contribution in [3.63, 3.8) is 0 Å². The van der Waals surface area contributed by atoms with Crippen LogP contribution in [0.4, 0.5) is 0 Å². The number of hydrogen-bond acceptors (Lipinski definition) is 2. The van der Waals surface area contributed by atoms with Crippen LogP contribution in [0.3, 0.4) is 0 Å². The Morgan fingerprint density at radius 2 is 1.67 bits per heavy atom. The fourth-order valence-corrected chi connectivity index (χ4v) is 6.33. The monoisotopic (exact) mass is 286 g/mol. The highest BCUT2D eigenvalue weighted by Gasteiger charge is 2.58. The molecule has 0 aliphatic heterocycles. The summed E-state index contributed by atoms with van der Waals surface area (Å²) in [4.78, 5) is 24.1. The normalized spacial score (nSPS) is 49.2. The van der Waals surface area contributed by atoms with E-state index in [-0.39, 0.29) is 10.8 Å². The van der Waals surface area contributed by atoms with Crippen LogP contribution in [-0.4, -0.2) is 11.6 Å². The molecule has 4 aliphatic carbocycles. The fourth-order valence-electron chi connectivity index (χ4n) is 6.33. The number of Topliss-reactive ketones (excluding diaryl/α,β-unsaturated/α-hetero) is 1. The minimum absolute atomic E-state index is 0.0246. The molecule has 0 amide bonds. The molecule has 4 aliphatic rings. The SMILES string of the molecule is C[C@]12CCC(=O)C=C1CC[C@H]1[C@H]3CCC(=O)[C@@]3(C)CC[C@@H]12. The molecule has 3 saturated carbocycles. The van der Waals surface area contributed by atoms with E-state index >= 15 is 0 Å². The molecule has 21 heavy (non-hydrogen) atoms. The highest BCUT2D eigenvalue weighted by atomic mass is 16.1. The van der Waals surface area contributed by atoms with E-state index in [4.69, 9.17) is 0 Å². The zero-order chi connectivity index (χ0) is 14.8. The van der Waals surface area contributed by atoms with E-state index in [0.717, 1.165) is 38.5 Å². The lowest BCUT2D eigenvalue weighted by Gasteiger charge is -2.56. The molecular weight excluding hydrogens is 260 g/mol. The minimum atomic E-state index is -0.0246. The van der Waals surface area contributed by atoms with Gasteiger partial charge >= 0.3 is 0 Å². The van der Waals surface area contributed by atoms with Gasteiger partial charge < -0.3 is 0 Å². The average Bonchev–Trinajstić information content (AvgIpc) is 2.76. The first-order valence-electron chi connectivity index (χ1n) is 8.72. The molecule has 2 heteroatoms. The van der Waals surface area contributed by atoms with Gasteiger partial charge in [-0.1, -0.05) is 19.4 Å². The van der Waals surface area contributed by atoms with Crippen molar-refractivity contribution < 1.29 is 9.59 Å². The first-order valence-corrected chi connectivity index (χ1v) is 8.72. The molecule has 0 unspecified atom stereocenters. The van der Waals surface area contributed by atoms with E-state index < -0.39 is 0 Å². The third-order valence-electron chi connectivity index (χ3n) is 7.67. The summed E-state index contributed by atoms with van der Waals surface area (Å²) in [5.41, 5.74) is 1.64. The van der Waals surface area contributed by atoms with Gasteiger partial charge in [0.1, 0.15) is 5.78 Å². The Labute approximate surface area is 127 Å². The molecule has 3 fully saturated rings. The van der Waals surface area contributed by atoms with Crippen molar-refractivity contribution in [3.8, 4) is 0 Å². The minimum Gasteiger partial charge on any atom is -0.299 e. The predicted molar refractivity (Wildman–Crippen MR) is 81.7 cm³/mol. The lowest BCUT2D eigenvalue weighted by atomic mass is 9.47. The molecule has 0 aromatic carbocycles. The van der Waals surface area contributed by atoms with Gasteiger partial charge in [0.05, 0.1) is 0 Å². The zero-order valence-corrected chi connectivity index (χ0v) is 13.3. The number of carbonyl (C=O) groups excluding carboxylic acids is 2. The highest BCUT2D eigenvalue weighted by Crippen LogP contribution is 2.64. The summed E-state index contributed by atoms with van der Waals surface area (Å²) in [6, 6.07) is 0. The van der Waals surface area contributed by atoms with E-state index in [1.165, 1.54) is 18.4 Å². The average molecular weight is 286 g/mol. The summed E-state index contributed by atoms with van der Waals surface area (Å²) in [6.07, 6.45) is 10.2. The maximum absolute atomic E-state index is 12.4. The molecule has 4 rings (SSSR count). The number of rotatable bonds is 0. The van der Waals surface area contributed by atoms with Gasteiger partial charge in [-0.25, -0.2) is 0 Å². The molecule has 0 radical (unpaired) electrons. The van der Waals surface area contributed by atoms with Crippen LogP contribution >= 0.6 is 0 Å². The van der Waals surface area contributed by atoms with Crippen molar-refractivity contribution in [2.75, 3.05) is 0 Å². The summed E-state index contributed by atoms with van der Waals surface area (Å²) >= 11 is 0. The van der Waals surface area contributed by atoms with Crippen molar-refractivity contribution in [1.82, 2.24) is 0 Å². The molecule has 114 valence electrons. The Kier molecular flexibility index (Phi) is 2.81. The van der Waals surface area contributed by atoms with Crippen LogP contribution in [0.15, 0.2) is 11.6 Å². The lowest BCUT2D eigenvalue weighted by Crippen LogP contribution is -2.50. The second-order valence-electron chi connectivity index (χ2n) is 8.39. The van der Waals surface area contributed by atoms with Crippen LogP contribution in [0.1, 0.15) is 65.2 Å². The van der Waals surface area contributed by atoms with E-state index in [9.17, 15) is 9.59 Å². The third-order valence-corrected chi connectivity index (χ3v) is 7.67. The van der Waals surface area contributed by atoms with Gasteiger partial charge in [-0.05, 0) is 67.8 Å². The van der Waals surface area contributed by atoms with Crippen molar-refractivity contribution in [1.29, 1.82) is 0 Å². The van der Waals surface area contributed by atoms with E-state index in [2.05, 4.69) is 13.8 Å². The molecule has 0 N–H and O–H groups in total. The first kappa shape index (κ1) is 13.7. The zero-order valence-electron chi connectivity index (χ0n) is 13.3. The molecular formula is C19H26O2. The molecule has 2 nitrogen and oxygen atoms in total. The topological polar surface area (TPSA) is 34.1 Å². The van der Waals surface area contributed by atoms with Crippen LogP contribution in [0, 0.1) is 28.6 Å². The number of hydrogen-bond donors (Lipinski definition) is 0. The van der Waals surface area contributed by atoms with Crippen LogP contribution in [0.25, 0.3) is 0 Å². The third kappa shape index (κ3) is 1.71. The summed E-state index contributed by atoms with van der Waals surface area (Å²) in [5.74, 6) is 2.88. The highest BCUT2D eigenvalue weighted by molar-refractivity contribution is 5.91. The first-order chi connectivity index (χ1) is 9.95. The van der Waals surface area contributed by atoms with E-state index in [1.54, 1.807) is 0 Å². The molecule has 0 saturated heterocycles. The summed E-state index contributed by atoms with van der Waals surface area (Å²) in [5, 5.41) is 0. The summed E-state index contributed by atoms with van der Waals surface area (Å²) < 4.78 is 0. The van der Waals surface area contributed by atoms with Gasteiger partial charge in [0, 0.05) is 18.3 Å². The fraction of sp³-hybridized carbons (Fsp3) is 0.789. The van der Waals surface area contributed by atoms with Crippen LogP contribution in [-0.2, 0) is 9.59 Å². The number of carbonyl (C=O) groups is 2. The standard InChI is InChI=1S/C19H26O2/c1-18-9-7-13(20)11-12(18)3-4-14-15-5-6-17(21)19(15,2)10-8-16(14)18/h11,14-16H,3-10H2,1-2H3/t14-,15+,16-,18-,19-/m0/s1. The summed E-state index contributed by atoms with van der Waals surface area (Å²) in [6.45, 7) is 4.64. The van der Waals surface area contributed by atoms with Crippen LogP contribution in [0.2, 0.25) is 0 Å². The van der Waals surface area contributed by atoms with Gasteiger partial charge in [0.2, 0.25) is 0 Å². The molecule has 5 atom stereocenters. The molecule has 0 aromatic rings. The smallest absolute Gasteiger partial charge is 0.155 e. The van der Waals surface area contributed by atoms with Gasteiger partial charge in [0.25, 0.3) is 0 Å². The Morgan fingerprint density at radius 1 is 0.905 bits per heavy atom. The van der Waals surface area contributed by atoms with E-state index in [1.807, 2.05) is 6.08 Å². The summed E-state index contributed by atoms with van der Waals surface area (Å²) in [7, 11) is 0. The maximum Gasteiger partial charge on any atom is 0.155 e. The lowest BCUT2D eigenvalue weighted by molar-refractivity contribution is -0.132. The molecule has 0 heterocycles. The number of ketones is 2. The second-order valence-corrected chi connectivity index (χ2v) is 8.39. The van der Waals surface area contributed by atoms with Crippen molar-refractivity contribution in [3.05, 3.63) is 11.6 Å². The maximum atomic E-state index is 12.4. The van der Waals surface area contributed by atoms with Crippen LogP contribution < -0.4 is 0 Å². The van der Waals surface area contributed by atoms with Crippen LogP contribution in [0.5, 0.6) is 0 Å². The number of allylic oxidation sites excluding steroid dienone is 1. The van der Waals surface area contributed by atoms with Crippen molar-refractivity contribution >= 4 is 11.6 Å². The molecule has 0 bridgehead atoms. The predicted octanol–water partition coefficient (Wildman–Crippen LogP) is 4.09. The Balaban J connectivity index is 1.70. The van der Waals surface area contributed by atoms with E-state index in [0.29, 0.717) is 29.3 Å². The van der Waals surface area contributed by atoms with Crippen molar-refractivity contribution in [2.45, 2.75) is 65.2 Å². The Morgan fingerprint density at radius 3 is 2.48 bits per heavy atom. The van der Waals surface area contributed by atoms with Crippen molar-refractivity contribution in [2.24, 2.45) is 28.6 Å². The van der Waals surface area contributed by atoms with Gasteiger partial charge in [-0.15, -0.1) is 0 Å². The van der Waals surface area contributed by atoms with Gasteiger partial charge in [0.15, 0.2) is 5.78 Å². The van der Waals surface area contributed by atoms with Gasteiger partial charge in [-0.2, -0.15) is 0 Å². The quantitative estimate of drug-likeness (QED) is 0.672. The Hall–Kier alpha value is -0.920. The Bertz CT molecular complexity index is 546. The van der Waals surface area contributed by atoms with Gasteiger partial charge in [-0.3, -0.25) is 9.59 Å². The molecule has 0 spiro atoms. The molecule has 0 aromatic heterocycles. The largest absolute Gasteiger partial charge is 0.299 e. The second kappa shape index (κ2) is 4.30.